The third kappa shape index (κ3) is 4.06. The molecule has 42 heavy (non-hydrogen) atoms. The van der Waals surface area contributed by atoms with Gasteiger partial charge in [-0.3, -0.25) is 24.2 Å². The molecule has 226 valence electrons. The van der Waals surface area contributed by atoms with Crippen molar-refractivity contribution in [2.45, 2.75) is 70.6 Å². The normalized spacial score (nSPS) is 32.8. The van der Waals surface area contributed by atoms with Crippen molar-refractivity contribution in [3.63, 3.8) is 0 Å². The maximum atomic E-state index is 14.4. The van der Waals surface area contributed by atoms with Gasteiger partial charge >= 0.3 is 0 Å². The van der Waals surface area contributed by atoms with Gasteiger partial charge in [0.25, 0.3) is 5.91 Å². The van der Waals surface area contributed by atoms with Crippen molar-refractivity contribution in [3.8, 4) is 5.75 Å². The Labute approximate surface area is 245 Å². The predicted octanol–water partition coefficient (Wildman–Crippen LogP) is 2.37. The van der Waals surface area contributed by atoms with Gasteiger partial charge in [0.2, 0.25) is 5.78 Å². The number of primary amides is 1. The van der Waals surface area contributed by atoms with Crippen molar-refractivity contribution >= 4 is 23.2 Å². The first-order valence-corrected chi connectivity index (χ1v) is 14.9. The first-order chi connectivity index (χ1) is 19.6. The molecule has 3 saturated carbocycles. The van der Waals surface area contributed by atoms with Crippen LogP contribution in [0, 0.1) is 22.7 Å². The number of carbonyl (C=O) groups is 3. The molecule has 0 saturated heterocycles. The molecular formula is C32H41N3O7. The van der Waals surface area contributed by atoms with Gasteiger partial charge in [-0.25, -0.2) is 0 Å². The van der Waals surface area contributed by atoms with Crippen molar-refractivity contribution < 1.29 is 34.8 Å². The van der Waals surface area contributed by atoms with Gasteiger partial charge in [0, 0.05) is 36.0 Å². The summed E-state index contributed by atoms with van der Waals surface area (Å²) in [7, 11) is 3.21. The number of amides is 1. The standard InChI is InChI=1S/C32H41N3O7/c1-30-11-19-18(14-35(12-16-5-6-16)13-17-7-8-17)9-10-20(36)21(19)24(37)23(30)28(40)32(42)27(39)22(29(33)41)25(38)26(34(3)4)31(32,2)15-30/h9-10,16-17,26,36-37,39,42H,5-8,11-15H2,1-4H3,(H2,33,41)/t26-,30+,31+,32-/m1/s1. The molecule has 0 radical (unpaired) electrons. The number of Topliss-reactive ketones (excluding diaryl/α,β-unsaturated/α-hetero) is 2. The summed E-state index contributed by atoms with van der Waals surface area (Å²) in [6.45, 7) is 6.02. The summed E-state index contributed by atoms with van der Waals surface area (Å²) >= 11 is 0. The smallest absolute Gasteiger partial charge is 0.255 e. The lowest BCUT2D eigenvalue weighted by molar-refractivity contribution is -0.176. The van der Waals surface area contributed by atoms with E-state index in [9.17, 15) is 34.8 Å². The molecule has 6 rings (SSSR count). The quantitative estimate of drug-likeness (QED) is 0.291. The van der Waals surface area contributed by atoms with E-state index in [1.807, 2.05) is 13.0 Å². The Morgan fingerprint density at radius 2 is 1.62 bits per heavy atom. The van der Waals surface area contributed by atoms with Crippen molar-refractivity contribution in [3.05, 3.63) is 45.7 Å². The molecule has 0 aliphatic heterocycles. The Balaban J connectivity index is 1.50. The number of ketones is 2. The average molecular weight is 580 g/mol. The van der Waals surface area contributed by atoms with Crippen LogP contribution in [-0.2, 0) is 27.3 Å². The number of nitrogens with two attached hydrogens (primary N) is 1. The van der Waals surface area contributed by atoms with Crippen LogP contribution < -0.4 is 5.73 Å². The highest BCUT2D eigenvalue weighted by Gasteiger charge is 2.72. The number of hydrogen-bond donors (Lipinski definition) is 5. The lowest BCUT2D eigenvalue weighted by Gasteiger charge is -2.59. The average Bonchev–Trinajstić information content (AvgIpc) is 3.80. The predicted molar refractivity (Wildman–Crippen MR) is 154 cm³/mol. The SMILES string of the molecule is CN(C)[C@@H]1C(=O)C(C(N)=O)=C(O)[C@@]2(O)C(=O)C3=C(O)c4c(O)ccc(CN(CC5CC5)CC5CC5)c4C[C@@]3(C)C[C@@]12C. The van der Waals surface area contributed by atoms with Crippen molar-refractivity contribution in [2.24, 2.45) is 28.4 Å². The number of hydrogen-bond acceptors (Lipinski definition) is 9. The fourth-order valence-electron chi connectivity index (χ4n) is 8.31. The fourth-order valence-corrected chi connectivity index (χ4v) is 8.31. The van der Waals surface area contributed by atoms with Crippen molar-refractivity contribution in [1.82, 2.24) is 9.80 Å². The van der Waals surface area contributed by atoms with Gasteiger partial charge in [-0.15, -0.1) is 0 Å². The summed E-state index contributed by atoms with van der Waals surface area (Å²) in [5.41, 5.74) is 0.980. The second-order valence-corrected chi connectivity index (χ2v) is 14.1. The number of phenolic OH excluding ortho intramolecular Hbond substituents is 1. The van der Waals surface area contributed by atoms with Crippen LogP contribution in [0.4, 0.5) is 0 Å². The molecule has 10 nitrogen and oxygen atoms in total. The maximum Gasteiger partial charge on any atom is 0.255 e. The monoisotopic (exact) mass is 579 g/mol. The molecule has 10 heteroatoms. The number of nitrogens with zero attached hydrogens (tertiary/aromatic N) is 2. The molecule has 0 unspecified atom stereocenters. The Morgan fingerprint density at radius 3 is 2.14 bits per heavy atom. The lowest BCUT2D eigenvalue weighted by atomic mass is 9.46. The first-order valence-electron chi connectivity index (χ1n) is 14.9. The number of aliphatic hydroxyl groups excluding tert-OH is 2. The number of rotatable bonds is 8. The second-order valence-electron chi connectivity index (χ2n) is 14.1. The molecule has 0 heterocycles. The zero-order chi connectivity index (χ0) is 30.5. The summed E-state index contributed by atoms with van der Waals surface area (Å²) in [6.07, 6.45) is 5.21. The third-order valence-corrected chi connectivity index (χ3v) is 10.4. The maximum absolute atomic E-state index is 14.4. The largest absolute Gasteiger partial charge is 0.508 e. The van der Waals surface area contributed by atoms with Gasteiger partial charge in [0.15, 0.2) is 11.4 Å². The van der Waals surface area contributed by atoms with Crippen molar-refractivity contribution in [2.75, 3.05) is 27.2 Å². The molecule has 0 spiro atoms. The van der Waals surface area contributed by atoms with E-state index >= 15 is 0 Å². The molecule has 5 aliphatic rings. The topological polar surface area (TPSA) is 165 Å². The highest BCUT2D eigenvalue weighted by Crippen LogP contribution is 2.63. The lowest BCUT2D eigenvalue weighted by Crippen LogP contribution is -2.72. The van der Waals surface area contributed by atoms with Crippen molar-refractivity contribution in [1.29, 1.82) is 0 Å². The molecule has 0 aromatic heterocycles. The zero-order valence-electron chi connectivity index (χ0n) is 24.7. The molecule has 1 aromatic rings. The number of carbonyl (C=O) groups excluding carboxylic acids is 3. The molecule has 4 atom stereocenters. The summed E-state index contributed by atoms with van der Waals surface area (Å²) in [5, 5.41) is 46.0. The third-order valence-electron chi connectivity index (χ3n) is 10.4. The minimum absolute atomic E-state index is 0.0225. The van der Waals surface area contributed by atoms with Crippen LogP contribution in [0.15, 0.2) is 29.0 Å². The van der Waals surface area contributed by atoms with Crippen LogP contribution in [0.25, 0.3) is 5.76 Å². The Morgan fingerprint density at radius 1 is 1.02 bits per heavy atom. The summed E-state index contributed by atoms with van der Waals surface area (Å²) in [6, 6.07) is 2.24. The number of aromatic hydroxyl groups is 1. The van der Waals surface area contributed by atoms with Crippen LogP contribution in [0.1, 0.15) is 62.6 Å². The Bertz CT molecular complexity index is 1460. The highest BCUT2D eigenvalue weighted by molar-refractivity contribution is 6.25. The minimum Gasteiger partial charge on any atom is -0.508 e. The molecule has 6 N–H and O–H groups in total. The van der Waals surface area contributed by atoms with E-state index in [1.54, 1.807) is 21.0 Å². The number of fused-ring (bicyclic) bond motifs is 3. The number of likely N-dealkylation sites (N-methyl/N-ethyl adjacent to an activating group) is 1. The fraction of sp³-hybridized carbons (Fsp3) is 0.594. The molecular weight excluding hydrogens is 538 g/mol. The van der Waals surface area contributed by atoms with E-state index in [0.29, 0.717) is 18.4 Å². The summed E-state index contributed by atoms with van der Waals surface area (Å²) < 4.78 is 0. The van der Waals surface area contributed by atoms with E-state index in [-0.39, 0.29) is 29.7 Å². The van der Waals surface area contributed by atoms with Crippen LogP contribution in [0.5, 0.6) is 5.75 Å². The van der Waals surface area contributed by atoms with Gasteiger partial charge in [-0.05, 0) is 81.6 Å². The number of aliphatic hydroxyl groups is 3. The number of benzene rings is 1. The minimum atomic E-state index is -2.71. The van der Waals surface area contributed by atoms with E-state index in [2.05, 4.69) is 4.90 Å². The first kappa shape index (κ1) is 28.9. The Hall–Kier alpha value is -3.21. The molecule has 1 aromatic carbocycles. The van der Waals surface area contributed by atoms with Gasteiger partial charge < -0.3 is 26.2 Å². The highest BCUT2D eigenvalue weighted by atomic mass is 16.3. The van der Waals surface area contributed by atoms with Crippen LogP contribution in [0.2, 0.25) is 0 Å². The van der Waals surface area contributed by atoms with Crippen LogP contribution in [0.3, 0.4) is 0 Å². The molecule has 0 bridgehead atoms. The van der Waals surface area contributed by atoms with E-state index in [1.165, 1.54) is 36.6 Å². The van der Waals surface area contributed by atoms with Gasteiger partial charge in [-0.2, -0.15) is 0 Å². The molecule has 5 aliphatic carbocycles. The second kappa shape index (κ2) is 9.39. The van der Waals surface area contributed by atoms with E-state index in [0.717, 1.165) is 24.2 Å². The van der Waals surface area contributed by atoms with E-state index in [4.69, 9.17) is 5.73 Å². The number of phenols is 1. The van der Waals surface area contributed by atoms with Gasteiger partial charge in [0.1, 0.15) is 22.8 Å². The summed E-state index contributed by atoms with van der Waals surface area (Å²) in [5.74, 6) is -3.37. The zero-order valence-corrected chi connectivity index (χ0v) is 24.7. The van der Waals surface area contributed by atoms with E-state index < -0.39 is 57.0 Å². The van der Waals surface area contributed by atoms with Crippen LogP contribution in [-0.4, -0.2) is 86.5 Å². The van der Waals surface area contributed by atoms with Crippen LogP contribution >= 0.6 is 0 Å². The Kier molecular flexibility index (Phi) is 6.46. The van der Waals surface area contributed by atoms with Gasteiger partial charge in [0.05, 0.1) is 11.6 Å². The molecule has 1 amide bonds. The molecule has 3 fully saturated rings. The van der Waals surface area contributed by atoms with Gasteiger partial charge in [-0.1, -0.05) is 19.9 Å². The summed E-state index contributed by atoms with van der Waals surface area (Å²) in [4.78, 5) is 44.3.